The SMILES string of the molecule is CCCCCCC1=C(CCCC)C1. The van der Waals surface area contributed by atoms with Crippen molar-refractivity contribution in [3.63, 3.8) is 0 Å². The van der Waals surface area contributed by atoms with Crippen molar-refractivity contribution in [3.8, 4) is 0 Å². The Morgan fingerprint density at radius 2 is 1.38 bits per heavy atom. The Hall–Kier alpha value is -0.260. The minimum atomic E-state index is 1.35. The van der Waals surface area contributed by atoms with Crippen molar-refractivity contribution >= 4 is 0 Å². The van der Waals surface area contributed by atoms with E-state index < -0.39 is 0 Å². The molecule has 0 aromatic carbocycles. The van der Waals surface area contributed by atoms with Crippen LogP contribution in [0.1, 0.15) is 71.6 Å². The fourth-order valence-corrected chi connectivity index (χ4v) is 1.90. The molecule has 1 rings (SSSR count). The van der Waals surface area contributed by atoms with Gasteiger partial charge in [-0.15, -0.1) is 0 Å². The Morgan fingerprint density at radius 1 is 0.769 bits per heavy atom. The summed E-state index contributed by atoms with van der Waals surface area (Å²) in [6.07, 6.45) is 12.7. The zero-order valence-electron chi connectivity index (χ0n) is 9.36. The van der Waals surface area contributed by atoms with Crippen LogP contribution in [0.5, 0.6) is 0 Å². The van der Waals surface area contributed by atoms with Crippen LogP contribution in [-0.2, 0) is 0 Å². The molecule has 0 heteroatoms. The van der Waals surface area contributed by atoms with Crippen LogP contribution >= 0.6 is 0 Å². The summed E-state index contributed by atoms with van der Waals surface area (Å²) < 4.78 is 0. The van der Waals surface area contributed by atoms with Crippen LogP contribution < -0.4 is 0 Å². The first-order chi connectivity index (χ1) is 6.38. The van der Waals surface area contributed by atoms with Gasteiger partial charge in [-0.1, -0.05) is 50.7 Å². The van der Waals surface area contributed by atoms with Gasteiger partial charge < -0.3 is 0 Å². The lowest BCUT2D eigenvalue weighted by Gasteiger charge is -1.94. The Balaban J connectivity index is 1.95. The van der Waals surface area contributed by atoms with Crippen LogP contribution in [0.25, 0.3) is 0 Å². The van der Waals surface area contributed by atoms with Gasteiger partial charge in [-0.25, -0.2) is 0 Å². The van der Waals surface area contributed by atoms with Crippen LogP contribution in [0, 0.1) is 0 Å². The van der Waals surface area contributed by atoms with Gasteiger partial charge in [0.25, 0.3) is 0 Å². The van der Waals surface area contributed by atoms with Crippen molar-refractivity contribution in [2.75, 3.05) is 0 Å². The molecule has 0 aromatic heterocycles. The van der Waals surface area contributed by atoms with Crippen LogP contribution in [0.3, 0.4) is 0 Å². The van der Waals surface area contributed by atoms with Crippen LogP contribution in [0.2, 0.25) is 0 Å². The van der Waals surface area contributed by atoms with E-state index in [1.54, 1.807) is 5.57 Å². The van der Waals surface area contributed by atoms with Crippen molar-refractivity contribution in [2.45, 2.75) is 71.6 Å². The molecule has 0 amide bonds. The molecule has 0 unspecified atom stereocenters. The van der Waals surface area contributed by atoms with Gasteiger partial charge in [0, 0.05) is 0 Å². The summed E-state index contributed by atoms with van der Waals surface area (Å²) in [5, 5.41) is 0. The monoisotopic (exact) mass is 180 g/mol. The van der Waals surface area contributed by atoms with Gasteiger partial charge in [0.1, 0.15) is 0 Å². The lowest BCUT2D eigenvalue weighted by atomic mass is 10.1. The van der Waals surface area contributed by atoms with Crippen LogP contribution in [0.15, 0.2) is 11.1 Å². The van der Waals surface area contributed by atoms with E-state index in [0.29, 0.717) is 0 Å². The van der Waals surface area contributed by atoms with Crippen molar-refractivity contribution in [1.82, 2.24) is 0 Å². The molecule has 0 N–H and O–H groups in total. The van der Waals surface area contributed by atoms with Crippen molar-refractivity contribution in [1.29, 1.82) is 0 Å². The predicted molar refractivity (Wildman–Crippen MR) is 59.9 cm³/mol. The molecule has 1 aliphatic carbocycles. The molecule has 0 bridgehead atoms. The summed E-state index contributed by atoms with van der Waals surface area (Å²) in [4.78, 5) is 0. The summed E-state index contributed by atoms with van der Waals surface area (Å²) >= 11 is 0. The highest BCUT2D eigenvalue weighted by molar-refractivity contribution is 5.34. The predicted octanol–water partition coefficient (Wildman–Crippen LogP) is 4.85. The van der Waals surface area contributed by atoms with Gasteiger partial charge in [0.15, 0.2) is 0 Å². The molecule has 0 radical (unpaired) electrons. The number of hydrogen-bond donors (Lipinski definition) is 0. The topological polar surface area (TPSA) is 0 Å². The highest BCUT2D eigenvalue weighted by Crippen LogP contribution is 2.38. The van der Waals surface area contributed by atoms with E-state index >= 15 is 0 Å². The third kappa shape index (κ3) is 4.50. The highest BCUT2D eigenvalue weighted by atomic mass is 14.2. The van der Waals surface area contributed by atoms with Crippen molar-refractivity contribution in [3.05, 3.63) is 11.1 Å². The van der Waals surface area contributed by atoms with E-state index in [1.807, 2.05) is 5.57 Å². The second-order valence-corrected chi connectivity index (χ2v) is 4.30. The minimum Gasteiger partial charge on any atom is -0.0666 e. The molecular weight excluding hydrogens is 156 g/mol. The van der Waals surface area contributed by atoms with Crippen LogP contribution in [0.4, 0.5) is 0 Å². The smallest absolute Gasteiger partial charge is 0.0103 e. The standard InChI is InChI=1S/C13H24/c1-3-5-7-8-10-13-11-12(13)9-6-4-2/h3-11H2,1-2H3. The Kier molecular flexibility index (Phi) is 5.19. The Labute approximate surface area is 83.4 Å². The second kappa shape index (κ2) is 6.23. The maximum Gasteiger partial charge on any atom is -0.0103 e. The second-order valence-electron chi connectivity index (χ2n) is 4.30. The summed E-state index contributed by atoms with van der Waals surface area (Å²) in [7, 11) is 0. The summed E-state index contributed by atoms with van der Waals surface area (Å²) in [5.41, 5.74) is 3.61. The Bertz CT molecular complexity index is 165. The molecule has 0 atom stereocenters. The lowest BCUT2D eigenvalue weighted by molar-refractivity contribution is 0.668. The fourth-order valence-electron chi connectivity index (χ4n) is 1.90. The van der Waals surface area contributed by atoms with E-state index in [1.165, 1.54) is 57.8 Å². The molecule has 0 saturated carbocycles. The molecule has 0 aromatic rings. The van der Waals surface area contributed by atoms with E-state index in [0.717, 1.165) is 0 Å². The quantitative estimate of drug-likeness (QED) is 0.370. The first kappa shape index (κ1) is 10.8. The first-order valence-electron chi connectivity index (χ1n) is 6.08. The molecule has 13 heavy (non-hydrogen) atoms. The summed E-state index contributed by atoms with van der Waals surface area (Å²) in [5.74, 6) is 0. The molecule has 0 saturated heterocycles. The average molecular weight is 180 g/mol. The number of allylic oxidation sites excluding steroid dienone is 2. The van der Waals surface area contributed by atoms with Gasteiger partial charge in [-0.05, 0) is 32.1 Å². The van der Waals surface area contributed by atoms with Gasteiger partial charge in [-0.3, -0.25) is 0 Å². The number of hydrogen-bond acceptors (Lipinski definition) is 0. The molecule has 0 spiro atoms. The Morgan fingerprint density at radius 3 is 2.00 bits per heavy atom. The van der Waals surface area contributed by atoms with Crippen LogP contribution in [-0.4, -0.2) is 0 Å². The molecule has 1 aliphatic rings. The number of rotatable bonds is 8. The summed E-state index contributed by atoms with van der Waals surface area (Å²) in [6, 6.07) is 0. The molecule has 0 heterocycles. The van der Waals surface area contributed by atoms with Gasteiger partial charge in [0.05, 0.1) is 0 Å². The lowest BCUT2D eigenvalue weighted by Crippen LogP contribution is -1.74. The van der Waals surface area contributed by atoms with E-state index in [9.17, 15) is 0 Å². The summed E-state index contributed by atoms with van der Waals surface area (Å²) in [6.45, 7) is 4.56. The molecular formula is C13H24. The fraction of sp³-hybridized carbons (Fsp3) is 0.846. The van der Waals surface area contributed by atoms with E-state index in [-0.39, 0.29) is 0 Å². The maximum atomic E-state index is 2.28. The molecule has 0 fully saturated rings. The maximum absolute atomic E-state index is 2.28. The first-order valence-corrected chi connectivity index (χ1v) is 6.08. The van der Waals surface area contributed by atoms with Crippen molar-refractivity contribution in [2.24, 2.45) is 0 Å². The molecule has 0 aliphatic heterocycles. The van der Waals surface area contributed by atoms with E-state index in [2.05, 4.69) is 13.8 Å². The average Bonchev–Trinajstić information content (AvgIpc) is 2.88. The minimum absolute atomic E-state index is 1.35. The zero-order chi connectivity index (χ0) is 9.52. The third-order valence-electron chi connectivity index (χ3n) is 2.97. The molecule has 76 valence electrons. The third-order valence-corrected chi connectivity index (χ3v) is 2.97. The normalized spacial score (nSPS) is 15.2. The van der Waals surface area contributed by atoms with Crippen molar-refractivity contribution < 1.29 is 0 Å². The molecule has 0 nitrogen and oxygen atoms in total. The van der Waals surface area contributed by atoms with Gasteiger partial charge in [-0.2, -0.15) is 0 Å². The zero-order valence-corrected chi connectivity index (χ0v) is 9.36. The largest absolute Gasteiger partial charge is 0.0666 e. The van der Waals surface area contributed by atoms with E-state index in [4.69, 9.17) is 0 Å². The number of unbranched alkanes of at least 4 members (excludes halogenated alkanes) is 4. The van der Waals surface area contributed by atoms with Gasteiger partial charge in [0.2, 0.25) is 0 Å². The highest BCUT2D eigenvalue weighted by Gasteiger charge is 2.18. The van der Waals surface area contributed by atoms with Gasteiger partial charge >= 0.3 is 0 Å².